The molecule has 1 unspecified atom stereocenters. The molecule has 0 heterocycles. The third kappa shape index (κ3) is 4.16. The van der Waals surface area contributed by atoms with E-state index in [-0.39, 0.29) is 12.1 Å². The number of rotatable bonds is 4. The lowest BCUT2D eigenvalue weighted by atomic mass is 10.1. The smallest absolute Gasteiger partial charge is 0.254 e. The summed E-state index contributed by atoms with van der Waals surface area (Å²) >= 11 is 11.6. The molecule has 0 spiro atoms. The minimum Gasteiger partial charge on any atom is -0.387 e. The number of benzene rings is 2. The van der Waals surface area contributed by atoms with E-state index in [0.717, 1.165) is 12.1 Å². The van der Waals surface area contributed by atoms with Crippen molar-refractivity contribution in [3.05, 3.63) is 69.2 Å². The lowest BCUT2D eigenvalue weighted by Gasteiger charge is -2.13. The molecule has 22 heavy (non-hydrogen) atoms. The highest BCUT2D eigenvalue weighted by Crippen LogP contribution is 2.23. The Balaban J connectivity index is 2.04. The quantitative estimate of drug-likeness (QED) is 0.886. The zero-order valence-electron chi connectivity index (χ0n) is 11.1. The van der Waals surface area contributed by atoms with Crippen LogP contribution in [-0.2, 0) is 0 Å². The van der Waals surface area contributed by atoms with Gasteiger partial charge in [0, 0.05) is 22.7 Å². The number of aliphatic hydroxyl groups excluding tert-OH is 1. The topological polar surface area (TPSA) is 49.3 Å². The predicted molar refractivity (Wildman–Crippen MR) is 80.1 cm³/mol. The number of nitrogens with one attached hydrogen (secondary N) is 1. The van der Waals surface area contributed by atoms with Gasteiger partial charge < -0.3 is 10.4 Å². The molecule has 2 N–H and O–H groups in total. The van der Waals surface area contributed by atoms with Crippen molar-refractivity contribution in [3.8, 4) is 0 Å². The Labute approximate surface area is 135 Å². The summed E-state index contributed by atoms with van der Waals surface area (Å²) in [7, 11) is 0. The van der Waals surface area contributed by atoms with Crippen LogP contribution in [0.2, 0.25) is 10.0 Å². The van der Waals surface area contributed by atoms with Crippen molar-refractivity contribution < 1.29 is 18.7 Å². The van der Waals surface area contributed by atoms with Crippen LogP contribution >= 0.6 is 23.2 Å². The molecule has 2 aromatic carbocycles. The maximum atomic E-state index is 13.5. The molecule has 0 radical (unpaired) electrons. The molecule has 0 bridgehead atoms. The van der Waals surface area contributed by atoms with Crippen molar-refractivity contribution >= 4 is 29.1 Å². The number of amides is 1. The van der Waals surface area contributed by atoms with Gasteiger partial charge in [-0.2, -0.15) is 0 Å². The molecule has 2 rings (SSSR count). The molecule has 0 saturated heterocycles. The highest BCUT2D eigenvalue weighted by atomic mass is 35.5. The molecule has 0 saturated carbocycles. The Morgan fingerprint density at radius 2 is 1.77 bits per heavy atom. The first-order chi connectivity index (χ1) is 10.4. The van der Waals surface area contributed by atoms with Gasteiger partial charge in [0.1, 0.15) is 11.6 Å². The fraction of sp³-hybridized carbons (Fsp3) is 0.133. The van der Waals surface area contributed by atoms with Crippen LogP contribution in [0.5, 0.6) is 0 Å². The van der Waals surface area contributed by atoms with E-state index in [9.17, 15) is 18.7 Å². The lowest BCUT2D eigenvalue weighted by molar-refractivity contribution is 0.0912. The zero-order chi connectivity index (χ0) is 16.3. The lowest BCUT2D eigenvalue weighted by Crippen LogP contribution is -2.29. The van der Waals surface area contributed by atoms with Gasteiger partial charge in [0.2, 0.25) is 0 Å². The number of halogens is 4. The molecule has 3 nitrogen and oxygen atoms in total. The minimum atomic E-state index is -1.07. The van der Waals surface area contributed by atoms with Gasteiger partial charge in [-0.05, 0) is 35.9 Å². The first-order valence-corrected chi connectivity index (χ1v) is 6.99. The van der Waals surface area contributed by atoms with Crippen LogP contribution < -0.4 is 5.32 Å². The molecular formula is C15H11Cl2F2NO2. The number of carbonyl (C=O) groups excluding carboxylic acids is 1. The van der Waals surface area contributed by atoms with Gasteiger partial charge in [0.05, 0.1) is 11.7 Å². The SMILES string of the molecule is O=C(NCC(O)c1cc(Cl)cc(Cl)c1)c1ccc(F)cc1F. The van der Waals surface area contributed by atoms with Crippen LogP contribution in [0.3, 0.4) is 0 Å². The third-order valence-electron chi connectivity index (χ3n) is 2.90. The fourth-order valence-electron chi connectivity index (χ4n) is 1.84. The van der Waals surface area contributed by atoms with E-state index in [1.165, 1.54) is 18.2 Å². The van der Waals surface area contributed by atoms with E-state index in [0.29, 0.717) is 21.7 Å². The molecular weight excluding hydrogens is 335 g/mol. The molecule has 1 amide bonds. The summed E-state index contributed by atoms with van der Waals surface area (Å²) in [6, 6.07) is 7.13. The first-order valence-electron chi connectivity index (χ1n) is 6.24. The van der Waals surface area contributed by atoms with Crippen molar-refractivity contribution in [3.63, 3.8) is 0 Å². The van der Waals surface area contributed by atoms with Crippen LogP contribution in [0.15, 0.2) is 36.4 Å². The summed E-state index contributed by atoms with van der Waals surface area (Å²) in [5.41, 5.74) is 0.107. The maximum absolute atomic E-state index is 13.5. The second-order valence-corrected chi connectivity index (χ2v) is 5.43. The Morgan fingerprint density at radius 1 is 1.14 bits per heavy atom. The van der Waals surface area contributed by atoms with E-state index < -0.39 is 23.6 Å². The standard InChI is InChI=1S/C15H11Cl2F2NO2/c16-9-3-8(4-10(17)5-9)14(21)7-20-15(22)12-2-1-11(18)6-13(12)19/h1-6,14,21H,7H2,(H,20,22). The van der Waals surface area contributed by atoms with Crippen LogP contribution in [0.1, 0.15) is 22.0 Å². The van der Waals surface area contributed by atoms with Gasteiger partial charge in [-0.15, -0.1) is 0 Å². The normalized spacial score (nSPS) is 12.0. The summed E-state index contributed by atoms with van der Waals surface area (Å²) in [4.78, 5) is 11.8. The van der Waals surface area contributed by atoms with Gasteiger partial charge >= 0.3 is 0 Å². The zero-order valence-corrected chi connectivity index (χ0v) is 12.6. The molecule has 1 atom stereocenters. The van der Waals surface area contributed by atoms with E-state index in [4.69, 9.17) is 23.2 Å². The van der Waals surface area contributed by atoms with Crippen LogP contribution in [-0.4, -0.2) is 17.6 Å². The molecule has 0 aliphatic carbocycles. The van der Waals surface area contributed by atoms with E-state index in [1.54, 1.807) is 0 Å². The average Bonchev–Trinajstić information content (AvgIpc) is 2.43. The highest BCUT2D eigenvalue weighted by molar-refractivity contribution is 6.34. The molecule has 0 aliphatic rings. The number of hydrogen-bond donors (Lipinski definition) is 2. The Hall–Kier alpha value is -1.69. The molecule has 0 aromatic heterocycles. The van der Waals surface area contributed by atoms with Crippen LogP contribution in [0, 0.1) is 11.6 Å². The van der Waals surface area contributed by atoms with Gasteiger partial charge in [-0.3, -0.25) is 4.79 Å². The number of carbonyl (C=O) groups is 1. The van der Waals surface area contributed by atoms with Crippen molar-refractivity contribution in [1.82, 2.24) is 5.32 Å². The van der Waals surface area contributed by atoms with E-state index in [1.807, 2.05) is 0 Å². The molecule has 116 valence electrons. The van der Waals surface area contributed by atoms with Gasteiger partial charge in [-0.25, -0.2) is 8.78 Å². The molecule has 2 aromatic rings. The number of aliphatic hydroxyl groups is 1. The van der Waals surface area contributed by atoms with Gasteiger partial charge in [-0.1, -0.05) is 23.2 Å². The summed E-state index contributed by atoms with van der Waals surface area (Å²) < 4.78 is 26.2. The largest absolute Gasteiger partial charge is 0.387 e. The Bertz CT molecular complexity index is 690. The first kappa shape index (κ1) is 16.7. The Kier molecular flexibility index (Phi) is 5.34. The van der Waals surface area contributed by atoms with Crippen molar-refractivity contribution in [1.29, 1.82) is 0 Å². The second-order valence-electron chi connectivity index (χ2n) is 4.55. The summed E-state index contributed by atoms with van der Waals surface area (Å²) in [5.74, 6) is -2.51. The summed E-state index contributed by atoms with van der Waals surface area (Å²) in [6.45, 7) is -0.174. The monoisotopic (exact) mass is 345 g/mol. The maximum Gasteiger partial charge on any atom is 0.254 e. The van der Waals surface area contributed by atoms with E-state index in [2.05, 4.69) is 5.32 Å². The Morgan fingerprint density at radius 3 is 2.36 bits per heavy atom. The predicted octanol–water partition coefficient (Wildman–Crippen LogP) is 3.74. The average molecular weight is 346 g/mol. The number of hydrogen-bond acceptors (Lipinski definition) is 2. The molecule has 0 fully saturated rings. The van der Waals surface area contributed by atoms with E-state index >= 15 is 0 Å². The summed E-state index contributed by atoms with van der Waals surface area (Å²) in [5, 5.41) is 13.0. The van der Waals surface area contributed by atoms with Gasteiger partial charge in [0.25, 0.3) is 5.91 Å². The second kappa shape index (κ2) is 7.05. The van der Waals surface area contributed by atoms with Crippen molar-refractivity contribution in [2.45, 2.75) is 6.10 Å². The van der Waals surface area contributed by atoms with Gasteiger partial charge in [0.15, 0.2) is 0 Å². The highest BCUT2D eigenvalue weighted by Gasteiger charge is 2.15. The van der Waals surface area contributed by atoms with Crippen LogP contribution in [0.25, 0.3) is 0 Å². The van der Waals surface area contributed by atoms with Crippen molar-refractivity contribution in [2.75, 3.05) is 6.54 Å². The fourth-order valence-corrected chi connectivity index (χ4v) is 2.39. The van der Waals surface area contributed by atoms with Crippen molar-refractivity contribution in [2.24, 2.45) is 0 Å². The summed E-state index contributed by atoms with van der Waals surface area (Å²) in [6.07, 6.45) is -1.07. The molecule has 0 aliphatic heterocycles. The van der Waals surface area contributed by atoms with Crippen LogP contribution in [0.4, 0.5) is 8.78 Å². The molecule has 7 heteroatoms. The third-order valence-corrected chi connectivity index (χ3v) is 3.34. The minimum absolute atomic E-state index is 0.174.